The van der Waals surface area contributed by atoms with Crippen LogP contribution in [0.2, 0.25) is 0 Å². The summed E-state index contributed by atoms with van der Waals surface area (Å²) >= 11 is 0. The van der Waals surface area contributed by atoms with Crippen molar-refractivity contribution in [2.45, 2.75) is 45.4 Å². The number of rotatable bonds is 7. The molecule has 0 radical (unpaired) electrons. The van der Waals surface area contributed by atoms with E-state index in [0.717, 1.165) is 6.42 Å². The third-order valence-electron chi connectivity index (χ3n) is 2.77. The van der Waals surface area contributed by atoms with Crippen LogP contribution in [0, 0.1) is 5.92 Å². The van der Waals surface area contributed by atoms with Crippen molar-refractivity contribution in [3.05, 3.63) is 0 Å². The molecule has 1 heterocycles. The molecule has 7 heteroatoms. The number of epoxide rings is 1. The first-order chi connectivity index (χ1) is 8.82. The molecule has 1 saturated heterocycles. The molecular weight excluding hydrogens is 252 g/mol. The minimum atomic E-state index is -1.17. The van der Waals surface area contributed by atoms with Crippen LogP contribution in [-0.2, 0) is 19.1 Å². The Morgan fingerprint density at radius 2 is 1.84 bits per heavy atom. The molecule has 0 aromatic rings. The Kier molecular flexibility index (Phi) is 5.29. The Morgan fingerprint density at radius 1 is 1.21 bits per heavy atom. The molecule has 0 aromatic carbocycles. The highest BCUT2D eigenvalue weighted by molar-refractivity contribution is 5.94. The van der Waals surface area contributed by atoms with Gasteiger partial charge in [0.1, 0.15) is 6.04 Å². The Hall–Kier alpha value is -1.63. The van der Waals surface area contributed by atoms with Crippen molar-refractivity contribution in [2.75, 3.05) is 6.54 Å². The fourth-order valence-corrected chi connectivity index (χ4v) is 1.50. The van der Waals surface area contributed by atoms with Crippen molar-refractivity contribution >= 4 is 17.8 Å². The lowest BCUT2D eigenvalue weighted by Crippen LogP contribution is -2.47. The SMILES string of the molecule is CC(C)CCNC(=O)[C@H](C)NC(=O)[C@H]1O[C@@H]1C(=O)O. The number of carbonyl (C=O) groups is 3. The first-order valence-electron chi connectivity index (χ1n) is 6.29. The summed E-state index contributed by atoms with van der Waals surface area (Å²) in [5.74, 6) is -1.55. The van der Waals surface area contributed by atoms with E-state index in [4.69, 9.17) is 9.84 Å². The molecule has 2 amide bonds. The molecule has 3 atom stereocenters. The molecule has 3 N–H and O–H groups in total. The average molecular weight is 272 g/mol. The van der Waals surface area contributed by atoms with Gasteiger partial charge in [0.05, 0.1) is 0 Å². The Labute approximate surface area is 111 Å². The number of ether oxygens (including phenoxy) is 1. The van der Waals surface area contributed by atoms with Gasteiger partial charge in [-0.2, -0.15) is 0 Å². The van der Waals surface area contributed by atoms with Gasteiger partial charge in [-0.1, -0.05) is 13.8 Å². The van der Waals surface area contributed by atoms with Crippen molar-refractivity contribution in [2.24, 2.45) is 5.92 Å². The Morgan fingerprint density at radius 3 is 2.32 bits per heavy atom. The van der Waals surface area contributed by atoms with Crippen LogP contribution in [0.25, 0.3) is 0 Å². The Bertz CT molecular complexity index is 369. The van der Waals surface area contributed by atoms with Gasteiger partial charge in [0.15, 0.2) is 12.2 Å². The van der Waals surface area contributed by atoms with Gasteiger partial charge in [-0.15, -0.1) is 0 Å². The zero-order valence-corrected chi connectivity index (χ0v) is 11.3. The maximum atomic E-state index is 11.6. The van der Waals surface area contributed by atoms with Gasteiger partial charge >= 0.3 is 5.97 Å². The maximum absolute atomic E-state index is 11.6. The topological polar surface area (TPSA) is 108 Å². The Balaban J connectivity index is 2.26. The van der Waals surface area contributed by atoms with E-state index in [9.17, 15) is 14.4 Å². The summed E-state index contributed by atoms with van der Waals surface area (Å²) in [6, 6.07) is -0.710. The monoisotopic (exact) mass is 272 g/mol. The molecule has 108 valence electrons. The molecule has 0 saturated carbocycles. The molecule has 7 nitrogen and oxygen atoms in total. The van der Waals surface area contributed by atoms with Crippen LogP contribution < -0.4 is 10.6 Å². The second-order valence-corrected chi connectivity index (χ2v) is 5.02. The first kappa shape index (κ1) is 15.4. The summed E-state index contributed by atoms with van der Waals surface area (Å²) in [7, 11) is 0. The summed E-state index contributed by atoms with van der Waals surface area (Å²) in [4.78, 5) is 33.7. The van der Waals surface area contributed by atoms with Crippen molar-refractivity contribution in [1.82, 2.24) is 10.6 Å². The van der Waals surface area contributed by atoms with Crippen molar-refractivity contribution in [3.8, 4) is 0 Å². The van der Waals surface area contributed by atoms with Crippen LogP contribution in [0.5, 0.6) is 0 Å². The second-order valence-electron chi connectivity index (χ2n) is 5.02. The number of carboxylic acids is 1. The third-order valence-corrected chi connectivity index (χ3v) is 2.77. The van der Waals surface area contributed by atoms with Crippen LogP contribution in [0.3, 0.4) is 0 Å². The summed E-state index contributed by atoms with van der Waals surface area (Å²) in [6.07, 6.45) is -1.21. The lowest BCUT2D eigenvalue weighted by molar-refractivity contribution is -0.138. The fraction of sp³-hybridized carbons (Fsp3) is 0.750. The predicted molar refractivity (Wildman–Crippen MR) is 66.4 cm³/mol. The van der Waals surface area contributed by atoms with Crippen molar-refractivity contribution in [3.63, 3.8) is 0 Å². The molecule has 1 aliphatic rings. The van der Waals surface area contributed by atoms with E-state index in [1.54, 1.807) is 6.92 Å². The lowest BCUT2D eigenvalue weighted by atomic mass is 10.1. The highest BCUT2D eigenvalue weighted by atomic mass is 16.6. The first-order valence-corrected chi connectivity index (χ1v) is 6.29. The van der Waals surface area contributed by atoms with Gasteiger partial charge in [0.2, 0.25) is 5.91 Å². The molecule has 1 fully saturated rings. The molecular formula is C12H20N2O5. The minimum absolute atomic E-state index is 0.290. The minimum Gasteiger partial charge on any atom is -0.479 e. The predicted octanol–water partition coefficient (Wildman–Crippen LogP) is -0.495. The highest BCUT2D eigenvalue weighted by Crippen LogP contribution is 2.22. The quantitative estimate of drug-likeness (QED) is 0.542. The van der Waals surface area contributed by atoms with E-state index < -0.39 is 30.1 Å². The average Bonchev–Trinajstić information content (AvgIpc) is 3.07. The van der Waals surface area contributed by atoms with Gasteiger partial charge in [0, 0.05) is 6.54 Å². The smallest absolute Gasteiger partial charge is 0.336 e. The van der Waals surface area contributed by atoms with Crippen LogP contribution in [0.1, 0.15) is 27.2 Å². The van der Waals surface area contributed by atoms with Crippen LogP contribution in [0.4, 0.5) is 0 Å². The lowest BCUT2D eigenvalue weighted by Gasteiger charge is -2.14. The van der Waals surface area contributed by atoms with E-state index in [-0.39, 0.29) is 5.91 Å². The zero-order valence-electron chi connectivity index (χ0n) is 11.3. The molecule has 0 aliphatic carbocycles. The molecule has 1 rings (SSSR count). The summed E-state index contributed by atoms with van der Waals surface area (Å²) in [5.41, 5.74) is 0. The van der Waals surface area contributed by atoms with Gasteiger partial charge in [-0.3, -0.25) is 9.59 Å². The summed E-state index contributed by atoms with van der Waals surface area (Å²) in [5, 5.41) is 13.7. The van der Waals surface area contributed by atoms with E-state index in [2.05, 4.69) is 10.6 Å². The van der Waals surface area contributed by atoms with Gasteiger partial charge in [0.25, 0.3) is 5.91 Å². The van der Waals surface area contributed by atoms with Crippen molar-refractivity contribution < 1.29 is 24.2 Å². The van der Waals surface area contributed by atoms with Gasteiger partial charge in [-0.25, -0.2) is 4.79 Å². The standard InChI is InChI=1S/C12H20N2O5/c1-6(2)4-5-13-10(15)7(3)14-11(16)8-9(19-8)12(17)18/h6-9H,4-5H2,1-3H3,(H,13,15)(H,14,16)(H,17,18)/t7-,8-,9-/m0/s1. The number of carboxylic acid groups (broad SMARTS) is 1. The molecule has 0 spiro atoms. The number of carbonyl (C=O) groups excluding carboxylic acids is 2. The number of hydrogen-bond acceptors (Lipinski definition) is 4. The van der Waals surface area contributed by atoms with Crippen molar-refractivity contribution in [1.29, 1.82) is 0 Å². The number of aliphatic carboxylic acids is 1. The second kappa shape index (κ2) is 6.51. The van der Waals surface area contributed by atoms with Crippen LogP contribution in [-0.4, -0.2) is 47.7 Å². The van der Waals surface area contributed by atoms with E-state index in [1.807, 2.05) is 13.8 Å². The van der Waals surface area contributed by atoms with E-state index >= 15 is 0 Å². The molecule has 0 unspecified atom stereocenters. The highest BCUT2D eigenvalue weighted by Gasteiger charge is 2.51. The number of hydrogen-bond donors (Lipinski definition) is 3. The van der Waals surface area contributed by atoms with Gasteiger partial charge in [-0.05, 0) is 19.3 Å². The summed E-state index contributed by atoms with van der Waals surface area (Å²) < 4.78 is 4.69. The fourth-order valence-electron chi connectivity index (χ4n) is 1.50. The normalized spacial score (nSPS) is 22.7. The number of nitrogens with one attached hydrogen (secondary N) is 2. The van der Waals surface area contributed by atoms with Gasteiger partial charge < -0.3 is 20.5 Å². The summed E-state index contributed by atoms with van der Waals surface area (Å²) in [6.45, 7) is 6.19. The largest absolute Gasteiger partial charge is 0.479 e. The molecule has 0 aromatic heterocycles. The van der Waals surface area contributed by atoms with Crippen LogP contribution in [0.15, 0.2) is 0 Å². The zero-order chi connectivity index (χ0) is 14.6. The molecule has 1 aliphatic heterocycles. The van der Waals surface area contributed by atoms with Crippen LogP contribution >= 0.6 is 0 Å². The molecule has 0 bridgehead atoms. The number of amides is 2. The third kappa shape index (κ3) is 4.86. The van der Waals surface area contributed by atoms with E-state index in [0.29, 0.717) is 12.5 Å². The maximum Gasteiger partial charge on any atom is 0.336 e. The molecule has 19 heavy (non-hydrogen) atoms. The van der Waals surface area contributed by atoms with E-state index in [1.165, 1.54) is 0 Å².